The summed E-state index contributed by atoms with van der Waals surface area (Å²) in [6, 6.07) is 0. The van der Waals surface area contributed by atoms with Gasteiger partial charge in [-0.3, -0.25) is 0 Å². The first kappa shape index (κ1) is 15.2. The summed E-state index contributed by atoms with van der Waals surface area (Å²) in [5, 5.41) is 24.0. The monoisotopic (exact) mass is 231 g/mol. The maximum atomic E-state index is 9.32. The molecule has 0 bridgehead atoms. The Bertz CT molecular complexity index is 195. The van der Waals surface area contributed by atoms with E-state index in [4.69, 9.17) is 10.9 Å². The molecule has 0 aliphatic heterocycles. The van der Waals surface area contributed by atoms with Gasteiger partial charge in [0.05, 0.1) is 6.61 Å². The van der Waals surface area contributed by atoms with Crippen LogP contribution in [0.15, 0.2) is 5.16 Å². The summed E-state index contributed by atoms with van der Waals surface area (Å²) >= 11 is 0. The number of unbranched alkanes of at least 4 members (excludes halogenated alkanes) is 1. The molecule has 0 saturated carbocycles. The molecule has 0 unspecified atom stereocenters. The lowest BCUT2D eigenvalue weighted by molar-refractivity contribution is 0.151. The van der Waals surface area contributed by atoms with Crippen LogP contribution in [0.5, 0.6) is 0 Å². The van der Waals surface area contributed by atoms with E-state index < -0.39 is 0 Å². The van der Waals surface area contributed by atoms with E-state index in [1.165, 1.54) is 0 Å². The molecule has 0 atom stereocenters. The average molecular weight is 231 g/mol. The predicted molar refractivity (Wildman–Crippen MR) is 65.7 cm³/mol. The Morgan fingerprint density at radius 2 is 1.94 bits per heavy atom. The zero-order chi connectivity index (χ0) is 12.4. The third-order valence-electron chi connectivity index (χ3n) is 3.14. The van der Waals surface area contributed by atoms with Crippen molar-refractivity contribution in [2.75, 3.05) is 13.2 Å². The highest BCUT2D eigenvalue weighted by molar-refractivity contribution is 5.79. The van der Waals surface area contributed by atoms with Crippen molar-refractivity contribution in [2.45, 2.75) is 51.5 Å². The van der Waals surface area contributed by atoms with E-state index in [-0.39, 0.29) is 18.0 Å². The van der Waals surface area contributed by atoms with E-state index in [1.54, 1.807) is 0 Å². The highest BCUT2D eigenvalue weighted by atomic mass is 16.4. The van der Waals surface area contributed by atoms with Gasteiger partial charge in [0.1, 0.15) is 5.84 Å². The molecule has 5 N–H and O–H groups in total. The molecule has 0 saturated heterocycles. The summed E-state index contributed by atoms with van der Waals surface area (Å²) in [6.45, 7) is 5.16. The van der Waals surface area contributed by atoms with Gasteiger partial charge < -0.3 is 21.4 Å². The Balaban J connectivity index is 3.71. The minimum absolute atomic E-state index is 0.142. The Hall–Kier alpha value is -0.810. The lowest BCUT2D eigenvalue weighted by Crippen LogP contribution is -2.47. The first-order chi connectivity index (χ1) is 7.64. The number of nitrogens with one attached hydrogen (secondary N) is 1. The highest BCUT2D eigenvalue weighted by Gasteiger charge is 2.23. The molecular formula is C11H25N3O2. The summed E-state index contributed by atoms with van der Waals surface area (Å²) in [5.41, 5.74) is 5.22. The number of rotatable bonds is 9. The second kappa shape index (κ2) is 8.35. The Kier molecular flexibility index (Phi) is 7.93. The van der Waals surface area contributed by atoms with Crippen LogP contribution in [0, 0.1) is 0 Å². The molecule has 0 radical (unpaired) electrons. The van der Waals surface area contributed by atoms with Crippen molar-refractivity contribution >= 4 is 5.84 Å². The third-order valence-corrected chi connectivity index (χ3v) is 3.14. The van der Waals surface area contributed by atoms with Crippen LogP contribution in [0.25, 0.3) is 0 Å². The number of hydrogen-bond acceptors (Lipinski definition) is 4. The fourth-order valence-electron chi connectivity index (χ4n) is 1.61. The number of nitrogens with two attached hydrogens (primary N) is 1. The smallest absolute Gasteiger partial charge is 0.139 e. The number of aliphatic hydroxyl groups is 1. The average Bonchev–Trinajstić information content (AvgIpc) is 2.34. The lowest BCUT2D eigenvalue weighted by Gasteiger charge is -2.31. The second-order valence-electron chi connectivity index (χ2n) is 4.12. The Morgan fingerprint density at radius 3 is 2.38 bits per heavy atom. The highest BCUT2D eigenvalue weighted by Crippen LogP contribution is 2.13. The van der Waals surface area contributed by atoms with Gasteiger partial charge in [-0.2, -0.15) is 0 Å². The van der Waals surface area contributed by atoms with Crippen LogP contribution in [0.1, 0.15) is 46.0 Å². The maximum absolute atomic E-state index is 9.32. The standard InChI is InChI=1S/C11H25N3O2/c1-3-11(4-2,9-15)13-8-6-5-7-10(12)14-16/h13,15-16H,3-9H2,1-2H3,(H2,12,14). The zero-order valence-corrected chi connectivity index (χ0v) is 10.4. The van der Waals surface area contributed by atoms with Crippen molar-refractivity contribution in [1.29, 1.82) is 0 Å². The van der Waals surface area contributed by atoms with E-state index in [9.17, 15) is 5.11 Å². The Labute approximate surface area is 97.7 Å². The van der Waals surface area contributed by atoms with Crippen LogP contribution in [-0.2, 0) is 0 Å². The maximum Gasteiger partial charge on any atom is 0.139 e. The van der Waals surface area contributed by atoms with Crippen LogP contribution in [-0.4, -0.2) is 34.8 Å². The third kappa shape index (κ3) is 5.32. The number of aliphatic hydroxyl groups excluding tert-OH is 1. The minimum Gasteiger partial charge on any atom is -0.409 e. The van der Waals surface area contributed by atoms with E-state index >= 15 is 0 Å². The zero-order valence-electron chi connectivity index (χ0n) is 10.4. The van der Waals surface area contributed by atoms with Crippen molar-refractivity contribution < 1.29 is 10.3 Å². The molecule has 5 nitrogen and oxygen atoms in total. The second-order valence-corrected chi connectivity index (χ2v) is 4.12. The quantitative estimate of drug-likeness (QED) is 0.157. The lowest BCUT2D eigenvalue weighted by atomic mass is 9.94. The van der Waals surface area contributed by atoms with Gasteiger partial charge >= 0.3 is 0 Å². The van der Waals surface area contributed by atoms with Crippen molar-refractivity contribution in [3.05, 3.63) is 0 Å². The van der Waals surface area contributed by atoms with Crippen molar-refractivity contribution in [2.24, 2.45) is 10.9 Å². The first-order valence-electron chi connectivity index (χ1n) is 5.96. The molecule has 0 aromatic heterocycles. The molecule has 0 aliphatic carbocycles. The minimum atomic E-state index is -0.142. The van der Waals surface area contributed by atoms with Crippen molar-refractivity contribution in [3.63, 3.8) is 0 Å². The van der Waals surface area contributed by atoms with Gasteiger partial charge in [-0.25, -0.2) is 0 Å². The summed E-state index contributed by atoms with van der Waals surface area (Å²) in [7, 11) is 0. The SMILES string of the molecule is CCC(CC)(CO)NCCCCC(N)=NO. The van der Waals surface area contributed by atoms with Crippen LogP contribution in [0.3, 0.4) is 0 Å². The van der Waals surface area contributed by atoms with Gasteiger partial charge in [0, 0.05) is 12.0 Å². The molecule has 0 aromatic carbocycles. The van der Waals surface area contributed by atoms with Crippen molar-refractivity contribution in [1.82, 2.24) is 5.32 Å². The Morgan fingerprint density at radius 1 is 1.31 bits per heavy atom. The molecular weight excluding hydrogens is 206 g/mol. The van der Waals surface area contributed by atoms with E-state index in [2.05, 4.69) is 24.3 Å². The van der Waals surface area contributed by atoms with Crippen LogP contribution in [0.4, 0.5) is 0 Å². The molecule has 0 aromatic rings. The van der Waals surface area contributed by atoms with E-state index in [0.29, 0.717) is 6.42 Å². The van der Waals surface area contributed by atoms with Gasteiger partial charge in [-0.15, -0.1) is 0 Å². The largest absolute Gasteiger partial charge is 0.409 e. The summed E-state index contributed by atoms with van der Waals surface area (Å²) in [6.07, 6.45) is 4.29. The molecule has 5 heteroatoms. The van der Waals surface area contributed by atoms with Gasteiger partial charge in [0.25, 0.3) is 0 Å². The summed E-state index contributed by atoms with van der Waals surface area (Å²) < 4.78 is 0. The van der Waals surface area contributed by atoms with Crippen molar-refractivity contribution in [3.8, 4) is 0 Å². The summed E-state index contributed by atoms with van der Waals surface area (Å²) in [4.78, 5) is 0. The van der Waals surface area contributed by atoms with Crippen LogP contribution in [0.2, 0.25) is 0 Å². The normalized spacial score (nSPS) is 13.1. The molecule has 0 aliphatic rings. The number of amidine groups is 1. The number of oxime groups is 1. The topological polar surface area (TPSA) is 90.9 Å². The van der Waals surface area contributed by atoms with E-state index in [0.717, 1.165) is 32.2 Å². The molecule has 0 fully saturated rings. The number of nitrogens with zero attached hydrogens (tertiary/aromatic N) is 1. The predicted octanol–water partition coefficient (Wildman–Crippen LogP) is 1.04. The number of hydrogen-bond donors (Lipinski definition) is 4. The van der Waals surface area contributed by atoms with Gasteiger partial charge in [0.2, 0.25) is 0 Å². The molecule has 0 rings (SSSR count). The summed E-state index contributed by atoms with van der Waals surface area (Å²) in [5.74, 6) is 0.277. The molecule has 0 amide bonds. The fraction of sp³-hybridized carbons (Fsp3) is 0.909. The molecule has 16 heavy (non-hydrogen) atoms. The molecule has 0 spiro atoms. The first-order valence-corrected chi connectivity index (χ1v) is 5.96. The fourth-order valence-corrected chi connectivity index (χ4v) is 1.61. The molecule has 96 valence electrons. The van der Waals surface area contributed by atoms with Gasteiger partial charge in [-0.05, 0) is 32.2 Å². The van der Waals surface area contributed by atoms with Crippen LogP contribution >= 0.6 is 0 Å². The molecule has 0 heterocycles. The van der Waals surface area contributed by atoms with Crippen LogP contribution < -0.4 is 11.1 Å². The van der Waals surface area contributed by atoms with Gasteiger partial charge in [0.15, 0.2) is 0 Å². The van der Waals surface area contributed by atoms with E-state index in [1.807, 2.05) is 0 Å². The van der Waals surface area contributed by atoms with Gasteiger partial charge in [-0.1, -0.05) is 19.0 Å².